The van der Waals surface area contributed by atoms with Gasteiger partial charge in [0.2, 0.25) is 10.0 Å². The number of benzene rings is 1. The fraction of sp³-hybridized carbons (Fsp3) is 0.381. The number of halogens is 4. The average molecular weight is 568 g/mol. The maximum absolute atomic E-state index is 13.7. The normalized spacial score (nSPS) is 16.0. The van der Waals surface area contributed by atoms with Crippen molar-refractivity contribution in [3.8, 4) is 0 Å². The molecule has 0 bridgehead atoms. The molecule has 15 heteroatoms. The molecule has 1 aromatic heterocycles. The third kappa shape index (κ3) is 6.73. The predicted octanol–water partition coefficient (Wildman–Crippen LogP) is 2.35. The second-order valence-corrected chi connectivity index (χ2v) is 12.8. The number of sulfone groups is 1. The molecule has 2 aromatic rings. The lowest BCUT2D eigenvalue weighted by molar-refractivity contribution is -0.131. The predicted molar refractivity (Wildman–Crippen MR) is 126 cm³/mol. The van der Waals surface area contributed by atoms with E-state index in [1.165, 1.54) is 18.2 Å². The molecule has 1 saturated heterocycles. The molecule has 0 saturated carbocycles. The molecule has 0 radical (unpaired) electrons. The minimum Gasteiger partial charge on any atom is -0.344 e. The van der Waals surface area contributed by atoms with Crippen LogP contribution >= 0.6 is 11.6 Å². The summed E-state index contributed by atoms with van der Waals surface area (Å²) in [4.78, 5) is 27.1. The summed E-state index contributed by atoms with van der Waals surface area (Å²) < 4.78 is 89.7. The van der Waals surface area contributed by atoms with Crippen LogP contribution in [0.3, 0.4) is 0 Å². The van der Waals surface area contributed by atoms with Gasteiger partial charge in [0.15, 0.2) is 5.78 Å². The van der Waals surface area contributed by atoms with E-state index >= 15 is 0 Å². The number of Topliss-reactive ketones (excluding diaryl/α,β-unsaturated/α-hetero) is 1. The van der Waals surface area contributed by atoms with Crippen molar-refractivity contribution in [1.29, 1.82) is 0 Å². The van der Waals surface area contributed by atoms with Crippen molar-refractivity contribution in [3.63, 3.8) is 0 Å². The largest absolute Gasteiger partial charge is 0.344 e. The van der Waals surface area contributed by atoms with Gasteiger partial charge in [-0.2, -0.15) is 8.78 Å². The highest BCUT2D eigenvalue weighted by atomic mass is 35.5. The van der Waals surface area contributed by atoms with E-state index in [0.29, 0.717) is 0 Å². The van der Waals surface area contributed by atoms with E-state index in [9.17, 15) is 39.6 Å². The Balaban J connectivity index is 1.85. The third-order valence-corrected chi connectivity index (χ3v) is 9.77. The number of aromatic nitrogens is 1. The molecule has 36 heavy (non-hydrogen) atoms. The van der Waals surface area contributed by atoms with Gasteiger partial charge in [0.1, 0.15) is 15.7 Å². The number of anilines is 1. The summed E-state index contributed by atoms with van der Waals surface area (Å²) >= 11 is 5.86. The smallest absolute Gasteiger partial charge is 0.315 e. The van der Waals surface area contributed by atoms with Gasteiger partial charge in [-0.25, -0.2) is 21.2 Å². The van der Waals surface area contributed by atoms with Crippen molar-refractivity contribution in [2.75, 3.05) is 22.4 Å². The van der Waals surface area contributed by atoms with Gasteiger partial charge in [-0.15, -0.1) is 0 Å². The molecule has 9 nitrogen and oxygen atoms in total. The Hall–Kier alpha value is -2.71. The second-order valence-electron chi connectivity index (χ2n) is 7.98. The zero-order chi connectivity index (χ0) is 26.7. The van der Waals surface area contributed by atoms with Crippen molar-refractivity contribution in [3.05, 3.63) is 58.6 Å². The molecular weight excluding hydrogens is 547 g/mol. The Morgan fingerprint density at radius 3 is 2.39 bits per heavy atom. The number of ketones is 1. The quantitative estimate of drug-likeness (QED) is 0.460. The summed E-state index contributed by atoms with van der Waals surface area (Å²) in [6.07, 6.45) is -2.39. The molecule has 1 amide bonds. The maximum Gasteiger partial charge on any atom is 0.315 e. The van der Waals surface area contributed by atoms with Crippen LogP contribution in [0.2, 0.25) is 5.02 Å². The minimum atomic E-state index is -4.15. The van der Waals surface area contributed by atoms with Gasteiger partial charge in [0, 0.05) is 11.8 Å². The standard InChI is InChI=1S/C21H21ClF3N3O6S2/c22-17-9-15(3-4-18(17)23)28(36(33,34)16-5-7-35(31,32)8-6-16)12-14-2-1-13(10-26-14)19(29)11-27-21(30)20(24)25/h1-4,9-10,16,20H,5-8,11-12H2,(H,27,30). The summed E-state index contributed by atoms with van der Waals surface area (Å²) in [6.45, 7) is -1.02. The van der Waals surface area contributed by atoms with E-state index in [1.807, 2.05) is 0 Å². The van der Waals surface area contributed by atoms with E-state index in [4.69, 9.17) is 11.6 Å². The van der Waals surface area contributed by atoms with Gasteiger partial charge < -0.3 is 5.32 Å². The Morgan fingerprint density at radius 1 is 1.17 bits per heavy atom. The first-order valence-electron chi connectivity index (χ1n) is 10.5. The molecule has 196 valence electrons. The molecular formula is C21H21ClF3N3O6S2. The van der Waals surface area contributed by atoms with Gasteiger partial charge in [-0.1, -0.05) is 11.6 Å². The lowest BCUT2D eigenvalue weighted by atomic mass is 10.1. The number of rotatable bonds is 9. The van der Waals surface area contributed by atoms with Crippen molar-refractivity contribution in [2.45, 2.75) is 31.1 Å². The highest BCUT2D eigenvalue weighted by Gasteiger charge is 2.37. The molecule has 0 unspecified atom stereocenters. The summed E-state index contributed by atoms with van der Waals surface area (Å²) in [5.74, 6) is -3.62. The first-order chi connectivity index (χ1) is 16.8. The van der Waals surface area contributed by atoms with Gasteiger partial charge in [-0.05, 0) is 43.2 Å². The zero-order valence-electron chi connectivity index (χ0n) is 18.5. The number of hydrogen-bond donors (Lipinski definition) is 1. The number of nitrogens with zero attached hydrogens (tertiary/aromatic N) is 2. The van der Waals surface area contributed by atoms with Crippen molar-refractivity contribution in [1.82, 2.24) is 10.3 Å². The van der Waals surface area contributed by atoms with E-state index < -0.39 is 55.6 Å². The fourth-order valence-corrected chi connectivity index (χ4v) is 7.37. The van der Waals surface area contributed by atoms with Crippen LogP contribution in [-0.4, -0.2) is 63.2 Å². The molecule has 1 N–H and O–H groups in total. The summed E-state index contributed by atoms with van der Waals surface area (Å²) in [6, 6.07) is 5.95. The maximum atomic E-state index is 13.7. The van der Waals surface area contributed by atoms with Crippen LogP contribution in [0.4, 0.5) is 18.9 Å². The van der Waals surface area contributed by atoms with Crippen LogP contribution in [0, 0.1) is 5.82 Å². The van der Waals surface area contributed by atoms with E-state index in [2.05, 4.69) is 4.98 Å². The molecule has 1 fully saturated rings. The Kier molecular flexibility index (Phi) is 8.62. The van der Waals surface area contributed by atoms with E-state index in [0.717, 1.165) is 22.6 Å². The summed E-state index contributed by atoms with van der Waals surface area (Å²) in [7, 11) is -7.48. The molecule has 0 aliphatic carbocycles. The Bertz CT molecular complexity index is 1340. The van der Waals surface area contributed by atoms with Crippen LogP contribution in [0.15, 0.2) is 36.5 Å². The summed E-state index contributed by atoms with van der Waals surface area (Å²) in [5.41, 5.74) is 0.201. The monoisotopic (exact) mass is 567 g/mol. The SMILES string of the molecule is O=C(CNC(=O)C(F)F)c1ccc(CN(c2ccc(F)c(Cl)c2)S(=O)(=O)C2CCS(=O)(=O)CC2)nc1. The zero-order valence-corrected chi connectivity index (χ0v) is 20.9. The molecule has 1 aromatic carbocycles. The number of pyridine rings is 1. The number of hydrogen-bond acceptors (Lipinski definition) is 7. The van der Waals surface area contributed by atoms with Crippen LogP contribution in [0.25, 0.3) is 0 Å². The number of alkyl halides is 2. The van der Waals surface area contributed by atoms with Crippen LogP contribution in [0.1, 0.15) is 28.9 Å². The van der Waals surface area contributed by atoms with Crippen LogP contribution < -0.4 is 9.62 Å². The highest BCUT2D eigenvalue weighted by molar-refractivity contribution is 7.94. The highest BCUT2D eigenvalue weighted by Crippen LogP contribution is 2.31. The molecule has 1 aliphatic heterocycles. The number of carbonyl (C=O) groups excluding carboxylic acids is 2. The van der Waals surface area contributed by atoms with Crippen LogP contribution in [-0.2, 0) is 31.2 Å². The van der Waals surface area contributed by atoms with Crippen molar-refractivity contribution in [2.24, 2.45) is 0 Å². The van der Waals surface area contributed by atoms with Crippen LogP contribution in [0.5, 0.6) is 0 Å². The topological polar surface area (TPSA) is 131 Å². The number of sulfonamides is 1. The van der Waals surface area contributed by atoms with Gasteiger partial charge in [0.25, 0.3) is 5.91 Å². The lowest BCUT2D eigenvalue weighted by Crippen LogP contribution is -2.42. The first kappa shape index (κ1) is 27.9. The molecule has 3 rings (SSSR count). The van der Waals surface area contributed by atoms with E-state index in [1.54, 1.807) is 5.32 Å². The summed E-state index contributed by atoms with van der Waals surface area (Å²) in [5, 5.41) is 0.450. The number of nitrogens with one attached hydrogen (secondary N) is 1. The van der Waals surface area contributed by atoms with Crippen molar-refractivity contribution < 1.29 is 39.6 Å². The molecule has 0 spiro atoms. The van der Waals surface area contributed by atoms with E-state index in [-0.39, 0.29) is 52.9 Å². The average Bonchev–Trinajstić information content (AvgIpc) is 2.82. The Labute approximate surface area is 210 Å². The minimum absolute atomic E-state index is 0.00922. The molecule has 1 aliphatic rings. The third-order valence-electron chi connectivity index (χ3n) is 5.49. The van der Waals surface area contributed by atoms with Gasteiger partial charge >= 0.3 is 6.43 Å². The number of amides is 1. The molecule has 2 heterocycles. The lowest BCUT2D eigenvalue weighted by Gasteiger charge is -2.31. The van der Waals surface area contributed by atoms with Crippen molar-refractivity contribution >= 4 is 48.8 Å². The van der Waals surface area contributed by atoms with Gasteiger partial charge in [0.05, 0.1) is 46.2 Å². The van der Waals surface area contributed by atoms with Gasteiger partial charge in [-0.3, -0.25) is 18.9 Å². The Morgan fingerprint density at radius 2 is 1.83 bits per heavy atom. The molecule has 0 atom stereocenters. The first-order valence-corrected chi connectivity index (χ1v) is 14.2. The fourth-order valence-electron chi connectivity index (χ4n) is 3.49. The second kappa shape index (κ2) is 11.1. The number of carbonyl (C=O) groups is 2.